The van der Waals surface area contributed by atoms with Crippen LogP contribution in [0.3, 0.4) is 0 Å². The lowest BCUT2D eigenvalue weighted by atomic mass is 9.30. The summed E-state index contributed by atoms with van der Waals surface area (Å²) in [4.78, 5) is 54.7. The van der Waals surface area contributed by atoms with Crippen molar-refractivity contribution in [2.24, 2.45) is 67.8 Å². The second-order valence-corrected chi connectivity index (χ2v) is 22.1. The van der Waals surface area contributed by atoms with Crippen molar-refractivity contribution in [1.82, 2.24) is 10.2 Å². The number of amides is 2. The van der Waals surface area contributed by atoms with Crippen molar-refractivity contribution in [2.45, 2.75) is 182 Å². The summed E-state index contributed by atoms with van der Waals surface area (Å²) < 4.78 is 6.15. The molecular formula is C47H75N3O6. The van der Waals surface area contributed by atoms with Gasteiger partial charge in [-0.25, -0.2) is 0 Å². The molecule has 314 valence electrons. The average molecular weight is 778 g/mol. The molecule has 0 spiro atoms. The molecule has 1 heterocycles. The van der Waals surface area contributed by atoms with Crippen LogP contribution in [-0.4, -0.2) is 64.5 Å². The Hall–Kier alpha value is -2.42. The fourth-order valence-electron chi connectivity index (χ4n) is 15.5. The number of allylic oxidation sites excluding steroid dienone is 1. The number of carbonyl (C=O) groups excluding carboxylic acids is 3. The van der Waals surface area contributed by atoms with Crippen LogP contribution in [0.25, 0.3) is 0 Å². The van der Waals surface area contributed by atoms with Crippen molar-refractivity contribution < 1.29 is 29.0 Å². The molecule has 0 aromatic heterocycles. The van der Waals surface area contributed by atoms with Crippen LogP contribution in [0.4, 0.5) is 0 Å². The second-order valence-electron chi connectivity index (χ2n) is 22.1. The van der Waals surface area contributed by atoms with Gasteiger partial charge in [0.05, 0.1) is 5.41 Å². The maximum Gasteiger partial charge on any atom is 0.306 e. The lowest BCUT2D eigenvalue weighted by Crippen LogP contribution is -2.77. The van der Waals surface area contributed by atoms with E-state index in [9.17, 15) is 14.4 Å². The predicted molar refractivity (Wildman–Crippen MR) is 218 cm³/mol. The molecule has 1 saturated heterocycles. The van der Waals surface area contributed by atoms with Crippen LogP contribution in [0.15, 0.2) is 12.2 Å². The van der Waals surface area contributed by atoms with Crippen LogP contribution >= 0.6 is 0 Å². The first-order valence-corrected chi connectivity index (χ1v) is 22.6. The summed E-state index contributed by atoms with van der Waals surface area (Å²) >= 11 is 0. The summed E-state index contributed by atoms with van der Waals surface area (Å²) in [5.41, 5.74) is 7.22. The van der Waals surface area contributed by atoms with E-state index in [1.54, 1.807) is 0 Å². The van der Waals surface area contributed by atoms with E-state index in [-0.39, 0.29) is 82.7 Å². The lowest BCUT2D eigenvalue weighted by molar-refractivity contribution is -0.256. The Balaban J connectivity index is 1.11. The van der Waals surface area contributed by atoms with E-state index in [4.69, 9.17) is 15.6 Å². The molecule has 7 rings (SSSR count). The number of nitrogens with zero attached hydrogens (tertiary/aromatic N) is 1. The van der Waals surface area contributed by atoms with E-state index in [0.29, 0.717) is 17.8 Å². The summed E-state index contributed by atoms with van der Waals surface area (Å²) in [6.07, 6.45) is 13.7. The van der Waals surface area contributed by atoms with Gasteiger partial charge >= 0.3 is 11.9 Å². The van der Waals surface area contributed by atoms with E-state index in [0.717, 1.165) is 96.6 Å². The van der Waals surface area contributed by atoms with E-state index < -0.39 is 22.3 Å². The zero-order valence-corrected chi connectivity index (χ0v) is 36.2. The number of hydrogen-bond acceptors (Lipinski definition) is 6. The van der Waals surface area contributed by atoms with Gasteiger partial charge in [0.2, 0.25) is 11.8 Å². The average Bonchev–Trinajstić information content (AvgIpc) is 3.54. The SMILES string of the molecule is C=C(C)[C@@H]1CC[C@]2(C(=O)NC3C[C@@H](C(=O)N4CCCCC4)C3(C)C)CC[C@]3(C)C(CC[C@@H]4[C@@]5(C)CCC(OC(=O)CCCC(=O)O)C(C)(C)[C@]5(N)CC[C@]43C)[C@@H]12. The molecule has 9 nitrogen and oxygen atoms in total. The smallest absolute Gasteiger partial charge is 0.306 e. The number of piperidine rings is 1. The monoisotopic (exact) mass is 778 g/mol. The standard InChI is InChI=1S/C47H75N3O6/c1-29(2)30-18-21-46(40(55)49-34-28-32(41(34,3)4)39(54)50-26-11-10-12-27-50)24-22-43(7)31(38(30)46)16-17-33-44(43,8)23-25-47(48)42(5,6)35(19-20-45(33,47)9)56-37(53)15-13-14-36(51)52/h30-35,38H,1,10-28,48H2,2-9H3,(H,49,55)(H,51,52)/t30-,31?,32-,33-,34?,35?,38+,43+,44+,45+,46-,47+/m0/s1. The van der Waals surface area contributed by atoms with Gasteiger partial charge in [-0.05, 0) is 149 Å². The third-order valence-electron chi connectivity index (χ3n) is 19.5. The molecule has 1 aliphatic heterocycles. The first kappa shape index (κ1) is 41.7. The van der Waals surface area contributed by atoms with Crippen LogP contribution in [0, 0.1) is 62.1 Å². The number of carbonyl (C=O) groups is 4. The Labute approximate surface area is 337 Å². The maximum absolute atomic E-state index is 15.0. The van der Waals surface area contributed by atoms with E-state index in [1.165, 1.54) is 12.0 Å². The van der Waals surface area contributed by atoms with Gasteiger partial charge in [0.15, 0.2) is 0 Å². The molecule has 2 amide bonds. The van der Waals surface area contributed by atoms with Gasteiger partial charge in [-0.1, -0.05) is 60.6 Å². The van der Waals surface area contributed by atoms with Crippen molar-refractivity contribution in [3.63, 3.8) is 0 Å². The number of aliphatic carboxylic acids is 1. The van der Waals surface area contributed by atoms with Crippen molar-refractivity contribution >= 4 is 23.8 Å². The number of ether oxygens (including phenoxy) is 1. The molecule has 56 heavy (non-hydrogen) atoms. The molecule has 6 aliphatic carbocycles. The van der Waals surface area contributed by atoms with Crippen molar-refractivity contribution in [3.8, 4) is 0 Å². The first-order valence-electron chi connectivity index (χ1n) is 22.6. The molecule has 0 aromatic carbocycles. The largest absolute Gasteiger partial charge is 0.481 e. The Morgan fingerprint density at radius 3 is 2.14 bits per heavy atom. The topological polar surface area (TPSA) is 139 Å². The number of likely N-dealkylation sites (tertiary alicyclic amines) is 1. The third kappa shape index (κ3) is 5.90. The highest BCUT2D eigenvalue weighted by atomic mass is 16.5. The summed E-state index contributed by atoms with van der Waals surface area (Å²) in [5, 5.41) is 12.7. The van der Waals surface area contributed by atoms with Crippen molar-refractivity contribution in [2.75, 3.05) is 13.1 Å². The number of carboxylic acids is 1. The molecule has 0 radical (unpaired) electrons. The summed E-state index contributed by atoms with van der Waals surface area (Å²) in [5.74, 6) is 0.630. The van der Waals surface area contributed by atoms with Crippen LogP contribution in [0.5, 0.6) is 0 Å². The van der Waals surface area contributed by atoms with Gasteiger partial charge in [-0.15, -0.1) is 0 Å². The summed E-state index contributed by atoms with van der Waals surface area (Å²) in [7, 11) is 0. The van der Waals surface area contributed by atoms with Crippen LogP contribution in [0.2, 0.25) is 0 Å². The zero-order valence-electron chi connectivity index (χ0n) is 36.2. The molecular weight excluding hydrogens is 703 g/mol. The number of nitrogens with two attached hydrogens (primary N) is 1. The van der Waals surface area contributed by atoms with Gasteiger partial charge in [-0.2, -0.15) is 0 Å². The second kappa shape index (κ2) is 14.1. The van der Waals surface area contributed by atoms with E-state index in [2.05, 4.69) is 72.2 Å². The highest BCUT2D eigenvalue weighted by molar-refractivity contribution is 5.86. The molecule has 4 N–H and O–H groups in total. The third-order valence-corrected chi connectivity index (χ3v) is 19.5. The minimum atomic E-state index is -0.899. The molecule has 7 fully saturated rings. The highest BCUT2D eigenvalue weighted by Crippen LogP contribution is 2.78. The fourth-order valence-corrected chi connectivity index (χ4v) is 15.5. The first-order chi connectivity index (χ1) is 26.1. The quantitative estimate of drug-likeness (QED) is 0.158. The van der Waals surface area contributed by atoms with E-state index >= 15 is 4.79 Å². The normalized spacial score (nSPS) is 44.8. The molecule has 6 saturated carbocycles. The fraction of sp³-hybridized carbons (Fsp3) is 0.872. The number of nitrogens with one attached hydrogen (secondary N) is 1. The van der Waals surface area contributed by atoms with Crippen LogP contribution in [-0.2, 0) is 23.9 Å². The Morgan fingerprint density at radius 2 is 1.50 bits per heavy atom. The molecule has 0 aromatic rings. The highest BCUT2D eigenvalue weighted by Gasteiger charge is 2.75. The molecule has 7 aliphatic rings. The van der Waals surface area contributed by atoms with Gasteiger partial charge < -0.3 is 25.8 Å². The summed E-state index contributed by atoms with van der Waals surface area (Å²) in [6, 6.07) is 0.00711. The van der Waals surface area contributed by atoms with Crippen molar-refractivity contribution in [3.05, 3.63) is 12.2 Å². The summed E-state index contributed by atoms with van der Waals surface area (Å²) in [6.45, 7) is 24.9. The van der Waals surface area contributed by atoms with Gasteiger partial charge in [-0.3, -0.25) is 19.2 Å². The molecule has 12 atom stereocenters. The number of esters is 1. The zero-order chi connectivity index (χ0) is 40.9. The number of fused-ring (bicyclic) bond motifs is 7. The number of hydrogen-bond donors (Lipinski definition) is 3. The van der Waals surface area contributed by atoms with Crippen LogP contribution < -0.4 is 11.1 Å². The Kier molecular flexibility index (Phi) is 10.5. The van der Waals surface area contributed by atoms with Gasteiger partial charge in [0, 0.05) is 48.8 Å². The Bertz CT molecular complexity index is 1620. The lowest BCUT2D eigenvalue weighted by Gasteiger charge is -2.75. The minimum absolute atomic E-state index is 0.00711. The molecule has 9 heteroatoms. The van der Waals surface area contributed by atoms with Crippen molar-refractivity contribution in [1.29, 1.82) is 0 Å². The van der Waals surface area contributed by atoms with Gasteiger partial charge in [0.25, 0.3) is 0 Å². The Morgan fingerprint density at radius 1 is 0.821 bits per heavy atom. The van der Waals surface area contributed by atoms with Gasteiger partial charge in [0.1, 0.15) is 6.10 Å². The van der Waals surface area contributed by atoms with E-state index in [1.807, 2.05) is 0 Å². The molecule has 0 bridgehead atoms. The van der Waals surface area contributed by atoms with Crippen LogP contribution in [0.1, 0.15) is 165 Å². The predicted octanol–water partition coefficient (Wildman–Crippen LogP) is 8.44. The maximum atomic E-state index is 15.0. The minimum Gasteiger partial charge on any atom is -0.481 e. The number of rotatable bonds is 9. The molecule has 3 unspecified atom stereocenters. The number of carboxylic acid groups (broad SMARTS) is 1.